The lowest BCUT2D eigenvalue weighted by molar-refractivity contribution is -0.121. The lowest BCUT2D eigenvalue weighted by atomic mass is 9.98. The molecule has 0 aliphatic rings. The van der Waals surface area contributed by atoms with E-state index in [4.69, 9.17) is 5.73 Å². The van der Waals surface area contributed by atoms with Crippen molar-refractivity contribution >= 4 is 22.8 Å². The molecule has 0 spiro atoms. The van der Waals surface area contributed by atoms with E-state index in [-0.39, 0.29) is 11.1 Å². The molecule has 1 aromatic carbocycles. The number of primary amides is 1. The molecule has 1 amide bonds. The average Bonchev–Trinajstić information content (AvgIpc) is 2.91. The van der Waals surface area contributed by atoms with Gasteiger partial charge in [-0.25, -0.2) is 4.79 Å². The molecule has 2 aromatic rings. The molecule has 0 aliphatic carbocycles. The molecule has 0 saturated heterocycles. The number of hydrogen-bond donors (Lipinski definition) is 4. The molecular formula is C13H15N3O5. The van der Waals surface area contributed by atoms with Gasteiger partial charge in [-0.15, -0.1) is 0 Å². The highest BCUT2D eigenvalue weighted by molar-refractivity contribution is 6.03. The van der Waals surface area contributed by atoms with Gasteiger partial charge in [0.05, 0.1) is 36.9 Å². The highest BCUT2D eigenvalue weighted by Gasteiger charge is 2.23. The van der Waals surface area contributed by atoms with Crippen molar-refractivity contribution in [1.29, 1.82) is 0 Å². The maximum atomic E-state index is 11.8. The van der Waals surface area contributed by atoms with Gasteiger partial charge in [-0.3, -0.25) is 9.89 Å². The van der Waals surface area contributed by atoms with E-state index in [1.165, 1.54) is 25.4 Å². The van der Waals surface area contributed by atoms with Gasteiger partial charge in [0.1, 0.15) is 6.10 Å². The zero-order valence-corrected chi connectivity index (χ0v) is 11.2. The van der Waals surface area contributed by atoms with E-state index in [2.05, 4.69) is 14.9 Å². The molecule has 21 heavy (non-hydrogen) atoms. The number of hydrogen-bond acceptors (Lipinski definition) is 6. The van der Waals surface area contributed by atoms with Gasteiger partial charge in [0.2, 0.25) is 5.91 Å². The zero-order chi connectivity index (χ0) is 15.6. The first kappa shape index (κ1) is 14.9. The van der Waals surface area contributed by atoms with Gasteiger partial charge in [-0.1, -0.05) is 0 Å². The average molecular weight is 293 g/mol. The molecule has 2 unspecified atom stereocenters. The number of rotatable bonds is 5. The lowest BCUT2D eigenvalue weighted by Gasteiger charge is -2.17. The van der Waals surface area contributed by atoms with Gasteiger partial charge >= 0.3 is 5.97 Å². The quantitative estimate of drug-likeness (QED) is 0.554. The van der Waals surface area contributed by atoms with Crippen LogP contribution in [0.4, 0.5) is 0 Å². The number of benzene rings is 1. The molecule has 8 nitrogen and oxygen atoms in total. The van der Waals surface area contributed by atoms with Crippen molar-refractivity contribution in [2.24, 2.45) is 5.73 Å². The Morgan fingerprint density at radius 2 is 2.14 bits per heavy atom. The number of ether oxygens (including phenoxy) is 1. The Labute approximate surface area is 119 Å². The van der Waals surface area contributed by atoms with E-state index in [1.807, 2.05) is 0 Å². The van der Waals surface area contributed by atoms with Gasteiger partial charge in [0, 0.05) is 5.39 Å². The zero-order valence-electron chi connectivity index (χ0n) is 11.2. The normalized spacial score (nSPS) is 13.9. The van der Waals surface area contributed by atoms with Crippen molar-refractivity contribution in [3.63, 3.8) is 0 Å². The molecule has 0 saturated carbocycles. The maximum Gasteiger partial charge on any atom is 0.338 e. The number of fused-ring (bicyclic) bond motifs is 1. The summed E-state index contributed by atoms with van der Waals surface area (Å²) in [5.74, 6) is -1.34. The third-order valence-corrected chi connectivity index (χ3v) is 3.10. The summed E-state index contributed by atoms with van der Waals surface area (Å²) in [7, 11) is 1.24. The van der Waals surface area contributed by atoms with Gasteiger partial charge in [-0.05, 0) is 17.7 Å². The van der Waals surface area contributed by atoms with Crippen LogP contribution in [0, 0.1) is 0 Å². The summed E-state index contributed by atoms with van der Waals surface area (Å²) in [6.07, 6.45) is -1.67. The number of carbonyl (C=O) groups is 2. The fourth-order valence-electron chi connectivity index (χ4n) is 2.06. The minimum Gasteiger partial charge on any atom is -0.465 e. The third kappa shape index (κ3) is 3.01. The molecule has 0 radical (unpaired) electrons. The van der Waals surface area contributed by atoms with E-state index in [0.29, 0.717) is 10.9 Å². The smallest absolute Gasteiger partial charge is 0.338 e. The predicted octanol–water partition coefficient (Wildman–Crippen LogP) is -0.381. The summed E-state index contributed by atoms with van der Waals surface area (Å²) in [5, 5.41) is 26.9. The van der Waals surface area contributed by atoms with Crippen molar-refractivity contribution in [3.8, 4) is 0 Å². The van der Waals surface area contributed by atoms with Crippen molar-refractivity contribution < 1.29 is 24.5 Å². The molecule has 0 bridgehead atoms. The number of aromatic amines is 1. The maximum absolute atomic E-state index is 11.8. The van der Waals surface area contributed by atoms with Crippen molar-refractivity contribution in [3.05, 3.63) is 29.5 Å². The van der Waals surface area contributed by atoms with E-state index >= 15 is 0 Å². The Morgan fingerprint density at radius 3 is 2.76 bits per heavy atom. The van der Waals surface area contributed by atoms with E-state index in [1.54, 1.807) is 0 Å². The van der Waals surface area contributed by atoms with Gasteiger partial charge in [-0.2, -0.15) is 5.10 Å². The number of nitrogens with zero attached hydrogens (tertiary/aromatic N) is 1. The molecule has 1 aromatic heterocycles. The number of aliphatic hydroxyl groups excluding tert-OH is 2. The van der Waals surface area contributed by atoms with Crippen LogP contribution in [0.25, 0.3) is 10.9 Å². The van der Waals surface area contributed by atoms with Crippen LogP contribution in [0.3, 0.4) is 0 Å². The molecule has 2 rings (SSSR count). The number of aromatic nitrogens is 2. The fraction of sp³-hybridized carbons (Fsp3) is 0.308. The standard InChI is InChI=1S/C13H15N3O5/c1-21-13(20)7-2-6(3-9-8(7)5-15-16-9)12(19)10(17)4-11(14)18/h2-3,5,10,12,17,19H,4H2,1H3,(H2,14,18)(H,15,16). The minimum absolute atomic E-state index is 0.198. The summed E-state index contributed by atoms with van der Waals surface area (Å²) in [6, 6.07) is 2.92. The van der Waals surface area contributed by atoms with Crippen LogP contribution in [0.1, 0.15) is 28.4 Å². The number of esters is 1. The topological polar surface area (TPSA) is 139 Å². The van der Waals surface area contributed by atoms with Crippen LogP contribution in [0.2, 0.25) is 0 Å². The number of aliphatic hydroxyl groups is 2. The first-order chi connectivity index (χ1) is 9.93. The molecule has 112 valence electrons. The van der Waals surface area contributed by atoms with Gasteiger partial charge < -0.3 is 20.7 Å². The highest BCUT2D eigenvalue weighted by atomic mass is 16.5. The van der Waals surface area contributed by atoms with Crippen LogP contribution in [-0.2, 0) is 9.53 Å². The second-order valence-corrected chi connectivity index (χ2v) is 4.57. The summed E-state index contributed by atoms with van der Waals surface area (Å²) in [5.41, 5.74) is 5.93. The Morgan fingerprint density at radius 1 is 1.43 bits per heavy atom. The molecule has 5 N–H and O–H groups in total. The van der Waals surface area contributed by atoms with Crippen molar-refractivity contribution in [2.75, 3.05) is 7.11 Å². The largest absolute Gasteiger partial charge is 0.465 e. The summed E-state index contributed by atoms with van der Waals surface area (Å²) in [6.45, 7) is 0. The first-order valence-corrected chi connectivity index (χ1v) is 6.13. The van der Waals surface area contributed by atoms with Crippen LogP contribution in [-0.4, -0.2) is 45.5 Å². The number of carbonyl (C=O) groups excluding carboxylic acids is 2. The van der Waals surface area contributed by atoms with E-state index < -0.39 is 30.5 Å². The van der Waals surface area contributed by atoms with Crippen LogP contribution >= 0.6 is 0 Å². The van der Waals surface area contributed by atoms with Crippen LogP contribution < -0.4 is 5.73 Å². The lowest BCUT2D eigenvalue weighted by Crippen LogP contribution is -2.25. The molecule has 8 heteroatoms. The number of nitrogens with one attached hydrogen (secondary N) is 1. The first-order valence-electron chi connectivity index (χ1n) is 6.13. The number of nitrogens with two attached hydrogens (primary N) is 1. The minimum atomic E-state index is -1.37. The fourth-order valence-corrected chi connectivity index (χ4v) is 2.06. The number of H-pyrrole nitrogens is 1. The Bertz CT molecular complexity index is 681. The molecule has 0 fully saturated rings. The van der Waals surface area contributed by atoms with Gasteiger partial charge in [0.25, 0.3) is 0 Å². The SMILES string of the molecule is COC(=O)c1cc(C(O)C(O)CC(N)=O)cc2[nH]ncc12. The molecule has 1 heterocycles. The van der Waals surface area contributed by atoms with Crippen molar-refractivity contribution in [2.45, 2.75) is 18.6 Å². The number of methoxy groups -OCH3 is 1. The summed E-state index contributed by atoms with van der Waals surface area (Å²) in [4.78, 5) is 22.6. The van der Waals surface area contributed by atoms with Crippen LogP contribution in [0.5, 0.6) is 0 Å². The molecule has 0 aliphatic heterocycles. The third-order valence-electron chi connectivity index (χ3n) is 3.10. The molecule has 2 atom stereocenters. The predicted molar refractivity (Wildman–Crippen MR) is 72.2 cm³/mol. The monoisotopic (exact) mass is 293 g/mol. The Kier molecular flexibility index (Phi) is 4.20. The summed E-state index contributed by atoms with van der Waals surface area (Å²) >= 11 is 0. The summed E-state index contributed by atoms with van der Waals surface area (Å²) < 4.78 is 4.67. The van der Waals surface area contributed by atoms with E-state index in [0.717, 1.165) is 0 Å². The Hall–Kier alpha value is -2.45. The van der Waals surface area contributed by atoms with Crippen LogP contribution in [0.15, 0.2) is 18.3 Å². The second kappa shape index (κ2) is 5.90. The molecular weight excluding hydrogens is 278 g/mol. The highest BCUT2D eigenvalue weighted by Crippen LogP contribution is 2.26. The number of amides is 1. The van der Waals surface area contributed by atoms with E-state index in [9.17, 15) is 19.8 Å². The second-order valence-electron chi connectivity index (χ2n) is 4.57. The Balaban J connectivity index is 2.44. The van der Waals surface area contributed by atoms with Gasteiger partial charge in [0.15, 0.2) is 0 Å². The van der Waals surface area contributed by atoms with Crippen molar-refractivity contribution in [1.82, 2.24) is 10.2 Å².